The maximum absolute atomic E-state index is 6.35. The molecule has 0 aromatic heterocycles. The van der Waals surface area contributed by atoms with E-state index < -0.39 is 0 Å². The SMILES string of the molecule is CCC(C)CC(Cl)c1ccc(OC)c(Cl)c1. The molecule has 0 heterocycles. The Bertz CT molecular complexity index is 339. The van der Waals surface area contributed by atoms with E-state index >= 15 is 0 Å². The van der Waals surface area contributed by atoms with Gasteiger partial charge in [0, 0.05) is 0 Å². The molecule has 90 valence electrons. The fourth-order valence-electron chi connectivity index (χ4n) is 1.53. The number of alkyl halides is 1. The monoisotopic (exact) mass is 260 g/mol. The molecule has 0 N–H and O–H groups in total. The van der Waals surface area contributed by atoms with Gasteiger partial charge in [0.25, 0.3) is 0 Å². The normalized spacial score (nSPS) is 14.6. The quantitative estimate of drug-likeness (QED) is 0.673. The molecule has 0 saturated heterocycles. The van der Waals surface area contributed by atoms with Crippen LogP contribution in [0.1, 0.15) is 37.6 Å². The van der Waals surface area contributed by atoms with E-state index in [1.165, 1.54) is 0 Å². The molecule has 1 aromatic rings. The van der Waals surface area contributed by atoms with Crippen molar-refractivity contribution < 1.29 is 4.74 Å². The lowest BCUT2D eigenvalue weighted by atomic mass is 9.98. The van der Waals surface area contributed by atoms with E-state index in [1.54, 1.807) is 7.11 Å². The highest BCUT2D eigenvalue weighted by Gasteiger charge is 2.13. The topological polar surface area (TPSA) is 9.23 Å². The molecule has 0 radical (unpaired) electrons. The first-order valence-electron chi connectivity index (χ1n) is 5.56. The molecule has 0 aliphatic heterocycles. The van der Waals surface area contributed by atoms with E-state index in [0.717, 1.165) is 18.4 Å². The summed E-state index contributed by atoms with van der Waals surface area (Å²) >= 11 is 12.4. The van der Waals surface area contributed by atoms with Crippen molar-refractivity contribution in [3.05, 3.63) is 28.8 Å². The molecule has 1 rings (SSSR count). The van der Waals surface area contributed by atoms with Gasteiger partial charge >= 0.3 is 0 Å². The molecule has 16 heavy (non-hydrogen) atoms. The Hall–Kier alpha value is -0.400. The van der Waals surface area contributed by atoms with Gasteiger partial charge in [-0.05, 0) is 30.0 Å². The minimum Gasteiger partial charge on any atom is -0.495 e. The van der Waals surface area contributed by atoms with E-state index in [0.29, 0.717) is 16.7 Å². The van der Waals surface area contributed by atoms with E-state index in [9.17, 15) is 0 Å². The molecule has 0 amide bonds. The first kappa shape index (κ1) is 13.7. The van der Waals surface area contributed by atoms with Crippen LogP contribution in [0, 0.1) is 5.92 Å². The van der Waals surface area contributed by atoms with Gasteiger partial charge in [-0.3, -0.25) is 0 Å². The second-order valence-electron chi connectivity index (χ2n) is 4.11. The largest absolute Gasteiger partial charge is 0.495 e. The van der Waals surface area contributed by atoms with Gasteiger partial charge in [-0.25, -0.2) is 0 Å². The molecular formula is C13H18Cl2O. The Morgan fingerprint density at radius 1 is 1.38 bits per heavy atom. The van der Waals surface area contributed by atoms with Crippen molar-refractivity contribution >= 4 is 23.2 Å². The van der Waals surface area contributed by atoms with Gasteiger partial charge in [-0.15, -0.1) is 11.6 Å². The van der Waals surface area contributed by atoms with E-state index in [4.69, 9.17) is 27.9 Å². The van der Waals surface area contributed by atoms with Gasteiger partial charge < -0.3 is 4.74 Å². The van der Waals surface area contributed by atoms with Crippen molar-refractivity contribution in [1.82, 2.24) is 0 Å². The number of rotatable bonds is 5. The molecule has 0 saturated carbocycles. The van der Waals surface area contributed by atoms with Crippen molar-refractivity contribution in [3.8, 4) is 5.75 Å². The zero-order chi connectivity index (χ0) is 12.1. The summed E-state index contributed by atoms with van der Waals surface area (Å²) in [6.45, 7) is 4.38. The second kappa shape index (κ2) is 6.36. The fourth-order valence-corrected chi connectivity index (χ4v) is 2.24. The molecule has 0 aliphatic rings. The lowest BCUT2D eigenvalue weighted by Crippen LogP contribution is -1.99. The van der Waals surface area contributed by atoms with Crippen LogP contribution in [0.25, 0.3) is 0 Å². The Balaban J connectivity index is 2.76. The summed E-state index contributed by atoms with van der Waals surface area (Å²) < 4.78 is 5.11. The summed E-state index contributed by atoms with van der Waals surface area (Å²) in [4.78, 5) is 0. The first-order valence-corrected chi connectivity index (χ1v) is 6.37. The van der Waals surface area contributed by atoms with Gasteiger partial charge in [-0.2, -0.15) is 0 Å². The minimum atomic E-state index is 0.0263. The minimum absolute atomic E-state index is 0.0263. The highest BCUT2D eigenvalue weighted by Crippen LogP contribution is 2.33. The summed E-state index contributed by atoms with van der Waals surface area (Å²) in [5, 5.41) is 0.646. The molecule has 0 fully saturated rings. The zero-order valence-corrected chi connectivity index (χ0v) is 11.5. The van der Waals surface area contributed by atoms with Gasteiger partial charge in [0.05, 0.1) is 17.5 Å². The molecule has 2 unspecified atom stereocenters. The van der Waals surface area contributed by atoms with Crippen molar-refractivity contribution in [2.75, 3.05) is 7.11 Å². The summed E-state index contributed by atoms with van der Waals surface area (Å²) in [5.74, 6) is 1.32. The van der Waals surface area contributed by atoms with Crippen molar-refractivity contribution in [2.45, 2.75) is 32.1 Å². The summed E-state index contributed by atoms with van der Waals surface area (Å²) in [7, 11) is 1.61. The molecule has 3 heteroatoms. The summed E-state index contributed by atoms with van der Waals surface area (Å²) in [5.41, 5.74) is 1.06. The number of hydrogen-bond donors (Lipinski definition) is 0. The molecular weight excluding hydrogens is 243 g/mol. The van der Waals surface area contributed by atoms with Crippen molar-refractivity contribution in [1.29, 1.82) is 0 Å². The zero-order valence-electron chi connectivity index (χ0n) is 9.97. The van der Waals surface area contributed by atoms with Crippen LogP contribution in [-0.4, -0.2) is 7.11 Å². The van der Waals surface area contributed by atoms with E-state index in [2.05, 4.69) is 13.8 Å². The highest BCUT2D eigenvalue weighted by atomic mass is 35.5. The smallest absolute Gasteiger partial charge is 0.137 e. The Kier molecular flexibility index (Phi) is 5.43. The molecule has 1 nitrogen and oxygen atoms in total. The van der Waals surface area contributed by atoms with Crippen LogP contribution in [-0.2, 0) is 0 Å². The number of halogens is 2. The average molecular weight is 261 g/mol. The van der Waals surface area contributed by atoms with Crippen LogP contribution in [0.2, 0.25) is 5.02 Å². The average Bonchev–Trinajstić information content (AvgIpc) is 2.28. The van der Waals surface area contributed by atoms with Crippen LogP contribution in [0.3, 0.4) is 0 Å². The molecule has 2 atom stereocenters. The molecule has 0 aliphatic carbocycles. The maximum atomic E-state index is 6.35. The van der Waals surface area contributed by atoms with Crippen LogP contribution in [0.4, 0.5) is 0 Å². The third kappa shape index (κ3) is 3.57. The number of benzene rings is 1. The van der Waals surface area contributed by atoms with Gasteiger partial charge in [-0.1, -0.05) is 37.9 Å². The Morgan fingerprint density at radius 3 is 2.56 bits per heavy atom. The summed E-state index contributed by atoms with van der Waals surface area (Å²) in [6.07, 6.45) is 2.12. The predicted octanol–water partition coefficient (Wildman–Crippen LogP) is 5.06. The van der Waals surface area contributed by atoms with Gasteiger partial charge in [0.1, 0.15) is 5.75 Å². The Morgan fingerprint density at radius 2 is 2.06 bits per heavy atom. The van der Waals surface area contributed by atoms with Gasteiger partial charge in [0.2, 0.25) is 0 Å². The third-order valence-electron chi connectivity index (χ3n) is 2.84. The van der Waals surface area contributed by atoms with Crippen LogP contribution < -0.4 is 4.74 Å². The third-order valence-corrected chi connectivity index (χ3v) is 3.57. The van der Waals surface area contributed by atoms with Crippen molar-refractivity contribution in [2.24, 2.45) is 5.92 Å². The Labute approximate surface area is 108 Å². The van der Waals surface area contributed by atoms with Crippen LogP contribution in [0.15, 0.2) is 18.2 Å². The molecule has 0 spiro atoms. The second-order valence-corrected chi connectivity index (χ2v) is 5.04. The lowest BCUT2D eigenvalue weighted by Gasteiger charge is -2.15. The van der Waals surface area contributed by atoms with Gasteiger partial charge in [0.15, 0.2) is 0 Å². The summed E-state index contributed by atoms with van der Waals surface area (Å²) in [6, 6.07) is 5.73. The predicted molar refractivity (Wildman–Crippen MR) is 70.7 cm³/mol. The number of hydrogen-bond acceptors (Lipinski definition) is 1. The van der Waals surface area contributed by atoms with Crippen molar-refractivity contribution in [3.63, 3.8) is 0 Å². The lowest BCUT2D eigenvalue weighted by molar-refractivity contribution is 0.414. The standard InChI is InChI=1S/C13H18Cl2O/c1-4-9(2)7-11(14)10-5-6-13(16-3)12(15)8-10/h5-6,8-9,11H,4,7H2,1-3H3. The maximum Gasteiger partial charge on any atom is 0.137 e. The molecule has 1 aromatic carbocycles. The highest BCUT2D eigenvalue weighted by molar-refractivity contribution is 6.32. The number of methoxy groups -OCH3 is 1. The van der Waals surface area contributed by atoms with Crippen LogP contribution >= 0.6 is 23.2 Å². The van der Waals surface area contributed by atoms with Crippen LogP contribution in [0.5, 0.6) is 5.75 Å². The van der Waals surface area contributed by atoms with E-state index in [-0.39, 0.29) is 5.38 Å². The number of ether oxygens (including phenoxy) is 1. The molecule has 0 bridgehead atoms. The fraction of sp³-hybridized carbons (Fsp3) is 0.538. The van der Waals surface area contributed by atoms with E-state index in [1.807, 2.05) is 18.2 Å². The first-order chi connectivity index (χ1) is 7.58.